The second kappa shape index (κ2) is 7.58. The summed E-state index contributed by atoms with van der Waals surface area (Å²) in [5.41, 5.74) is 4.75. The number of rotatable bonds is 2. The second-order valence-corrected chi connectivity index (χ2v) is 6.83. The third-order valence-corrected chi connectivity index (χ3v) is 4.98. The molecular formula is C22H21N3O2. The highest BCUT2D eigenvalue weighted by Crippen LogP contribution is 2.25. The molecule has 0 bridgehead atoms. The first-order valence-electron chi connectivity index (χ1n) is 9.18. The number of nitrogens with zero attached hydrogens (tertiary/aromatic N) is 2. The molecule has 0 aromatic heterocycles. The van der Waals surface area contributed by atoms with Crippen LogP contribution in [0, 0.1) is 0 Å². The summed E-state index contributed by atoms with van der Waals surface area (Å²) < 4.78 is 0. The van der Waals surface area contributed by atoms with Crippen LogP contribution in [0.3, 0.4) is 0 Å². The zero-order chi connectivity index (χ0) is 18.6. The minimum atomic E-state index is -0.0785. The van der Waals surface area contributed by atoms with Crippen molar-refractivity contribution >= 4 is 18.2 Å². The number of nitrogens with one attached hydrogen (secondary N) is 1. The number of benzene rings is 2. The fourth-order valence-electron chi connectivity index (χ4n) is 3.55. The van der Waals surface area contributed by atoms with E-state index in [1.807, 2.05) is 47.4 Å². The van der Waals surface area contributed by atoms with Gasteiger partial charge in [0, 0.05) is 24.4 Å². The van der Waals surface area contributed by atoms with E-state index in [0.29, 0.717) is 25.1 Å². The maximum Gasteiger partial charge on any atom is 0.254 e. The van der Waals surface area contributed by atoms with E-state index in [9.17, 15) is 9.59 Å². The molecule has 2 aromatic rings. The smallest absolute Gasteiger partial charge is 0.254 e. The lowest BCUT2D eigenvalue weighted by Crippen LogP contribution is -2.33. The molecular weight excluding hydrogens is 338 g/mol. The zero-order valence-electron chi connectivity index (χ0n) is 15.0. The van der Waals surface area contributed by atoms with E-state index in [-0.39, 0.29) is 11.8 Å². The number of allylic oxidation sites excluding steroid dienone is 1. The fourth-order valence-corrected chi connectivity index (χ4v) is 3.55. The fraction of sp³-hybridized carbons (Fsp3) is 0.227. The van der Waals surface area contributed by atoms with Crippen LogP contribution in [0.25, 0.3) is 11.1 Å². The summed E-state index contributed by atoms with van der Waals surface area (Å²) in [5.74, 6) is -0.0812. The van der Waals surface area contributed by atoms with Crippen molar-refractivity contribution in [3.8, 4) is 11.1 Å². The normalized spacial score (nSPS) is 17.0. The Balaban J connectivity index is 1.53. The van der Waals surface area contributed by atoms with Gasteiger partial charge in [-0.25, -0.2) is 4.99 Å². The van der Waals surface area contributed by atoms with Crippen molar-refractivity contribution < 1.29 is 9.59 Å². The van der Waals surface area contributed by atoms with E-state index in [0.717, 1.165) is 35.2 Å². The first-order chi connectivity index (χ1) is 13.2. The maximum atomic E-state index is 13.0. The van der Waals surface area contributed by atoms with Crippen LogP contribution in [-0.2, 0) is 4.79 Å². The number of hydrogen-bond acceptors (Lipinski definition) is 3. The highest BCUT2D eigenvalue weighted by molar-refractivity contribution is 5.95. The Kier molecular flexibility index (Phi) is 4.83. The van der Waals surface area contributed by atoms with Crippen LogP contribution in [0.1, 0.15) is 29.6 Å². The lowest BCUT2D eigenvalue weighted by atomic mass is 10.0. The third-order valence-electron chi connectivity index (χ3n) is 4.98. The van der Waals surface area contributed by atoms with E-state index < -0.39 is 0 Å². The molecule has 0 radical (unpaired) electrons. The Morgan fingerprint density at radius 1 is 1.00 bits per heavy atom. The average Bonchev–Trinajstić information content (AvgIpc) is 3.00. The summed E-state index contributed by atoms with van der Waals surface area (Å²) >= 11 is 0. The van der Waals surface area contributed by atoms with Crippen LogP contribution in [0.15, 0.2) is 70.9 Å². The zero-order valence-corrected chi connectivity index (χ0v) is 15.0. The maximum absolute atomic E-state index is 13.0. The number of carbonyl (C=O) groups excluding carboxylic acids is 2. The number of aliphatic imine (C=N–C) groups is 1. The van der Waals surface area contributed by atoms with E-state index in [1.165, 1.54) is 6.34 Å². The van der Waals surface area contributed by atoms with Crippen molar-refractivity contribution in [2.24, 2.45) is 4.99 Å². The van der Waals surface area contributed by atoms with E-state index in [1.54, 1.807) is 0 Å². The first-order valence-corrected chi connectivity index (χ1v) is 9.18. The van der Waals surface area contributed by atoms with Crippen LogP contribution >= 0.6 is 0 Å². The van der Waals surface area contributed by atoms with Crippen LogP contribution in [-0.4, -0.2) is 36.1 Å². The minimum absolute atomic E-state index is 0.00278. The summed E-state index contributed by atoms with van der Waals surface area (Å²) in [5, 5.41) is 2.64. The Morgan fingerprint density at radius 3 is 2.52 bits per heavy atom. The van der Waals surface area contributed by atoms with E-state index in [4.69, 9.17) is 0 Å². The Hall–Kier alpha value is -3.21. The second-order valence-electron chi connectivity index (χ2n) is 6.83. The molecule has 2 aromatic carbocycles. The molecule has 0 saturated heterocycles. The SMILES string of the molecule is O=C1CC2=C(CCCN(C(=O)c3ccc(-c4ccccc4)cc3)C2)N=CN1. The molecule has 2 amide bonds. The Labute approximate surface area is 158 Å². The average molecular weight is 359 g/mol. The molecule has 0 saturated carbocycles. The molecule has 0 fully saturated rings. The first kappa shape index (κ1) is 17.2. The van der Waals surface area contributed by atoms with Crippen molar-refractivity contribution in [3.05, 3.63) is 71.4 Å². The third kappa shape index (κ3) is 3.82. The van der Waals surface area contributed by atoms with Gasteiger partial charge >= 0.3 is 0 Å². The van der Waals surface area contributed by atoms with Gasteiger partial charge in [-0.2, -0.15) is 0 Å². The number of carbonyl (C=O) groups is 2. The van der Waals surface area contributed by atoms with Gasteiger partial charge in [0.05, 0.1) is 12.8 Å². The van der Waals surface area contributed by atoms with Crippen LogP contribution in [0.4, 0.5) is 0 Å². The molecule has 1 N–H and O–H groups in total. The summed E-state index contributed by atoms with van der Waals surface area (Å²) in [6.07, 6.45) is 3.40. The quantitative estimate of drug-likeness (QED) is 0.893. The predicted molar refractivity (Wildman–Crippen MR) is 105 cm³/mol. The van der Waals surface area contributed by atoms with Crippen molar-refractivity contribution in [3.63, 3.8) is 0 Å². The topological polar surface area (TPSA) is 61.8 Å². The lowest BCUT2D eigenvalue weighted by molar-refractivity contribution is -0.118. The monoisotopic (exact) mass is 359 g/mol. The molecule has 27 heavy (non-hydrogen) atoms. The Morgan fingerprint density at radius 2 is 1.74 bits per heavy atom. The summed E-state index contributed by atoms with van der Waals surface area (Å²) in [6, 6.07) is 17.8. The van der Waals surface area contributed by atoms with E-state index >= 15 is 0 Å². The molecule has 5 heteroatoms. The Bertz CT molecular complexity index is 914. The van der Waals surface area contributed by atoms with Crippen LogP contribution in [0.2, 0.25) is 0 Å². The molecule has 0 atom stereocenters. The van der Waals surface area contributed by atoms with Crippen molar-refractivity contribution in [2.75, 3.05) is 13.1 Å². The highest BCUT2D eigenvalue weighted by atomic mass is 16.2. The molecule has 0 unspecified atom stereocenters. The molecule has 5 nitrogen and oxygen atoms in total. The molecule has 2 aliphatic rings. The molecule has 0 spiro atoms. The van der Waals surface area contributed by atoms with Crippen molar-refractivity contribution in [1.82, 2.24) is 10.2 Å². The summed E-state index contributed by atoms with van der Waals surface area (Å²) in [7, 11) is 0. The highest BCUT2D eigenvalue weighted by Gasteiger charge is 2.24. The number of amides is 2. The van der Waals surface area contributed by atoms with Gasteiger partial charge in [0.2, 0.25) is 5.91 Å². The van der Waals surface area contributed by atoms with Crippen LogP contribution < -0.4 is 5.32 Å². The predicted octanol–water partition coefficient (Wildman–Crippen LogP) is 3.39. The van der Waals surface area contributed by atoms with Gasteiger partial charge in [-0.05, 0) is 41.7 Å². The van der Waals surface area contributed by atoms with Gasteiger partial charge in [0.15, 0.2) is 0 Å². The van der Waals surface area contributed by atoms with Gasteiger partial charge in [0.1, 0.15) is 0 Å². The molecule has 4 rings (SSSR count). The van der Waals surface area contributed by atoms with E-state index in [2.05, 4.69) is 22.4 Å². The lowest BCUT2D eigenvalue weighted by Gasteiger charge is -2.22. The summed E-state index contributed by atoms with van der Waals surface area (Å²) in [6.45, 7) is 1.13. The number of hydrogen-bond donors (Lipinski definition) is 1. The van der Waals surface area contributed by atoms with Crippen molar-refractivity contribution in [1.29, 1.82) is 0 Å². The van der Waals surface area contributed by atoms with Gasteiger partial charge in [-0.1, -0.05) is 42.5 Å². The van der Waals surface area contributed by atoms with Gasteiger partial charge in [-0.15, -0.1) is 0 Å². The molecule has 0 aliphatic carbocycles. The molecule has 136 valence electrons. The summed E-state index contributed by atoms with van der Waals surface area (Å²) in [4.78, 5) is 31.0. The van der Waals surface area contributed by atoms with Gasteiger partial charge < -0.3 is 10.2 Å². The molecule has 2 heterocycles. The molecule has 2 aliphatic heterocycles. The largest absolute Gasteiger partial charge is 0.335 e. The standard InChI is InChI=1S/C22H21N3O2/c26-21-13-19-14-25(12-4-7-20(19)23-15-24-21)22(27)18-10-8-17(9-11-18)16-5-2-1-3-6-16/h1-3,5-6,8-11,15H,4,7,12-14H2,(H,23,24,26). The van der Waals surface area contributed by atoms with Crippen molar-refractivity contribution in [2.45, 2.75) is 19.3 Å². The minimum Gasteiger partial charge on any atom is -0.335 e. The van der Waals surface area contributed by atoms with Gasteiger partial charge in [0.25, 0.3) is 5.91 Å². The van der Waals surface area contributed by atoms with Crippen LogP contribution in [0.5, 0.6) is 0 Å². The van der Waals surface area contributed by atoms with Gasteiger partial charge in [-0.3, -0.25) is 9.59 Å².